The molecule has 0 saturated heterocycles. The highest BCUT2D eigenvalue weighted by molar-refractivity contribution is 7.86. The van der Waals surface area contributed by atoms with Crippen LogP contribution in [0, 0.1) is 6.92 Å². The van der Waals surface area contributed by atoms with Crippen molar-refractivity contribution in [3.8, 4) is 11.5 Å². The lowest BCUT2D eigenvalue weighted by Crippen LogP contribution is -2.14. The third-order valence-corrected chi connectivity index (χ3v) is 9.72. The SMILES string of the molecule is Cc1cc(N=Nc2c(S(=O)(=O)O)cc3cc(N(C)c4nc(N)nc(Cl)n4)ccc3c2O)c(O)cc1N=Nc1cc(S(=O)(=O)O)ccc1S(=O)(=O)O. The van der Waals surface area contributed by atoms with E-state index in [0.717, 1.165) is 18.2 Å². The quantitative estimate of drug-likeness (QED) is 0.0814. The van der Waals surface area contributed by atoms with Crippen LogP contribution in [0.15, 0.2) is 89.7 Å². The number of nitrogens with zero attached hydrogens (tertiary/aromatic N) is 8. The minimum absolute atomic E-state index is 0.0493. The molecule has 0 radical (unpaired) electrons. The molecule has 5 rings (SSSR count). The van der Waals surface area contributed by atoms with Gasteiger partial charge in [-0.15, -0.1) is 15.3 Å². The molecule has 5 aromatic rings. The molecule has 20 nitrogen and oxygen atoms in total. The van der Waals surface area contributed by atoms with Crippen molar-refractivity contribution in [3.05, 3.63) is 65.4 Å². The molecule has 266 valence electrons. The lowest BCUT2D eigenvalue weighted by Gasteiger charge is -2.18. The molecule has 0 fully saturated rings. The normalized spacial score (nSPS) is 12.7. The number of anilines is 3. The first-order chi connectivity index (χ1) is 23.6. The molecule has 24 heteroatoms. The molecule has 7 N–H and O–H groups in total. The first kappa shape index (κ1) is 36.8. The van der Waals surface area contributed by atoms with Crippen molar-refractivity contribution in [2.45, 2.75) is 21.6 Å². The summed E-state index contributed by atoms with van der Waals surface area (Å²) in [5.74, 6) is -1.43. The number of aromatic hydroxyl groups is 2. The van der Waals surface area contributed by atoms with Gasteiger partial charge in [-0.2, -0.15) is 45.3 Å². The number of phenols is 2. The fourth-order valence-electron chi connectivity index (χ4n) is 4.48. The molecule has 51 heavy (non-hydrogen) atoms. The van der Waals surface area contributed by atoms with Crippen LogP contribution in [-0.2, 0) is 30.4 Å². The first-order valence-electron chi connectivity index (χ1n) is 13.6. The summed E-state index contributed by atoms with van der Waals surface area (Å²) in [4.78, 5) is 10.7. The van der Waals surface area contributed by atoms with Crippen LogP contribution >= 0.6 is 11.6 Å². The summed E-state index contributed by atoms with van der Waals surface area (Å²) in [6.07, 6.45) is 0. The van der Waals surface area contributed by atoms with Gasteiger partial charge in [0.25, 0.3) is 30.4 Å². The number of aryl methyl sites for hydroxylation is 1. The second-order valence-electron chi connectivity index (χ2n) is 10.4. The van der Waals surface area contributed by atoms with Gasteiger partial charge in [-0.1, -0.05) is 0 Å². The fraction of sp³-hybridized carbons (Fsp3) is 0.0741. The highest BCUT2D eigenvalue weighted by atomic mass is 35.5. The van der Waals surface area contributed by atoms with E-state index in [2.05, 4.69) is 35.4 Å². The Labute approximate surface area is 292 Å². The molecule has 1 heterocycles. The Hall–Kier alpha value is -5.43. The summed E-state index contributed by atoms with van der Waals surface area (Å²) in [5, 5.41) is 36.8. The second kappa shape index (κ2) is 13.4. The van der Waals surface area contributed by atoms with E-state index in [9.17, 15) is 49.1 Å². The molecule has 0 spiro atoms. The Bertz CT molecular complexity index is 2640. The minimum Gasteiger partial charge on any atom is -0.506 e. The lowest BCUT2D eigenvalue weighted by atomic mass is 10.1. The number of aromatic nitrogens is 3. The molecule has 0 aliphatic carbocycles. The van der Waals surface area contributed by atoms with Gasteiger partial charge in [0.15, 0.2) is 5.75 Å². The van der Waals surface area contributed by atoms with E-state index in [1.54, 1.807) is 7.05 Å². The van der Waals surface area contributed by atoms with Crippen molar-refractivity contribution in [2.75, 3.05) is 17.7 Å². The van der Waals surface area contributed by atoms with Crippen LogP contribution in [0.3, 0.4) is 0 Å². The second-order valence-corrected chi connectivity index (χ2v) is 14.9. The number of hydrogen-bond acceptors (Lipinski definition) is 17. The van der Waals surface area contributed by atoms with E-state index in [1.165, 1.54) is 36.1 Å². The zero-order valence-corrected chi connectivity index (χ0v) is 28.8. The van der Waals surface area contributed by atoms with Crippen molar-refractivity contribution in [1.82, 2.24) is 15.0 Å². The summed E-state index contributed by atoms with van der Waals surface area (Å²) in [6, 6.07) is 9.63. The number of fused-ring (bicyclic) bond motifs is 1. The fourth-order valence-corrected chi connectivity index (χ4v) is 6.41. The molecular formula is C27H22ClN9O11S3. The van der Waals surface area contributed by atoms with Gasteiger partial charge in [-0.25, -0.2) is 0 Å². The molecule has 0 aliphatic rings. The molecule has 1 aromatic heterocycles. The number of rotatable bonds is 9. The monoisotopic (exact) mass is 779 g/mol. The predicted molar refractivity (Wildman–Crippen MR) is 180 cm³/mol. The Kier molecular flexibility index (Phi) is 9.65. The Morgan fingerprint density at radius 2 is 1.37 bits per heavy atom. The molecule has 0 unspecified atom stereocenters. The zero-order chi connectivity index (χ0) is 37.6. The standard InChI is InChI=1S/C27H22ClN9O11S3/c1-12-7-18(20(38)11-17(12)33-35-19-10-15(49(40,41)42)4-6-21(19)50(43,44)45)34-36-23-22(51(46,47)48)9-13-8-14(3-5-16(13)24(23)39)37(2)27-31-25(28)30-26(29)32-27/h3-11,38-39H,1-2H3,(H,40,41,42)(H,43,44,45)(H,46,47,48)(H2,29,30,31,32). The average Bonchev–Trinajstić information content (AvgIpc) is 3.02. The molecule has 0 bridgehead atoms. The van der Waals surface area contributed by atoms with E-state index in [0.29, 0.717) is 17.8 Å². The summed E-state index contributed by atoms with van der Waals surface area (Å²) < 4.78 is 100. The summed E-state index contributed by atoms with van der Waals surface area (Å²) >= 11 is 5.87. The van der Waals surface area contributed by atoms with E-state index in [4.69, 9.17) is 17.3 Å². The van der Waals surface area contributed by atoms with Gasteiger partial charge >= 0.3 is 0 Å². The first-order valence-corrected chi connectivity index (χ1v) is 18.3. The van der Waals surface area contributed by atoms with Crippen LogP contribution in [0.1, 0.15) is 5.56 Å². The average molecular weight is 780 g/mol. The van der Waals surface area contributed by atoms with Crippen molar-refractivity contribution in [1.29, 1.82) is 0 Å². The molecule has 0 saturated carbocycles. The molecule has 4 aromatic carbocycles. The largest absolute Gasteiger partial charge is 0.506 e. The van der Waals surface area contributed by atoms with Crippen molar-refractivity contribution < 1.29 is 49.1 Å². The number of benzene rings is 4. The van der Waals surface area contributed by atoms with E-state index >= 15 is 0 Å². The maximum atomic E-state index is 12.4. The van der Waals surface area contributed by atoms with Gasteiger partial charge in [0.2, 0.25) is 17.2 Å². The highest BCUT2D eigenvalue weighted by Crippen LogP contribution is 2.44. The lowest BCUT2D eigenvalue weighted by molar-refractivity contribution is 0.471. The van der Waals surface area contributed by atoms with Crippen LogP contribution in [0.25, 0.3) is 10.8 Å². The van der Waals surface area contributed by atoms with Gasteiger partial charge < -0.3 is 20.8 Å². The molecule has 0 atom stereocenters. The zero-order valence-electron chi connectivity index (χ0n) is 25.6. The van der Waals surface area contributed by atoms with Gasteiger partial charge in [-0.3, -0.25) is 13.7 Å². The van der Waals surface area contributed by atoms with Crippen LogP contribution < -0.4 is 10.6 Å². The van der Waals surface area contributed by atoms with Crippen molar-refractivity contribution >= 4 is 93.1 Å². The summed E-state index contributed by atoms with van der Waals surface area (Å²) in [7, 11) is -13.2. The molecule has 0 aliphatic heterocycles. The van der Waals surface area contributed by atoms with Gasteiger partial charge in [0.1, 0.15) is 32.6 Å². The number of hydrogen-bond donors (Lipinski definition) is 6. The van der Waals surface area contributed by atoms with Crippen LogP contribution in [0.4, 0.5) is 40.3 Å². The number of halogens is 1. The van der Waals surface area contributed by atoms with Gasteiger partial charge in [0, 0.05) is 24.2 Å². The van der Waals surface area contributed by atoms with Crippen LogP contribution in [0.5, 0.6) is 11.5 Å². The maximum Gasteiger partial charge on any atom is 0.296 e. The van der Waals surface area contributed by atoms with E-state index < -0.39 is 67.9 Å². The van der Waals surface area contributed by atoms with Gasteiger partial charge in [0.05, 0.1) is 10.6 Å². The number of phenolic OH excluding ortho intramolecular Hbond substituents is 2. The number of azo groups is 2. The van der Waals surface area contributed by atoms with Crippen molar-refractivity contribution in [2.24, 2.45) is 20.5 Å². The van der Waals surface area contributed by atoms with Crippen LogP contribution in [0.2, 0.25) is 5.28 Å². The van der Waals surface area contributed by atoms with Gasteiger partial charge in [-0.05, 0) is 78.0 Å². The predicted octanol–water partition coefficient (Wildman–Crippen LogP) is 5.32. The smallest absolute Gasteiger partial charge is 0.296 e. The van der Waals surface area contributed by atoms with E-state index in [1.807, 2.05) is 0 Å². The Morgan fingerprint density at radius 1 is 0.725 bits per heavy atom. The highest BCUT2D eigenvalue weighted by Gasteiger charge is 2.24. The summed E-state index contributed by atoms with van der Waals surface area (Å²) in [5.41, 5.74) is 4.49. The molecular weight excluding hydrogens is 758 g/mol. The number of nitrogens with two attached hydrogens (primary N) is 1. The Morgan fingerprint density at radius 3 is 2.00 bits per heavy atom. The topological polar surface area (TPSA) is 321 Å². The maximum absolute atomic E-state index is 12.4. The minimum atomic E-state index is -5.03. The Balaban J connectivity index is 1.53. The third-order valence-electron chi connectivity index (χ3n) is 6.94. The number of nitrogen functional groups attached to an aromatic ring is 1. The van der Waals surface area contributed by atoms with E-state index in [-0.39, 0.29) is 44.9 Å². The third kappa shape index (κ3) is 7.99. The summed E-state index contributed by atoms with van der Waals surface area (Å²) in [6.45, 7) is 1.44. The van der Waals surface area contributed by atoms with Crippen LogP contribution in [-0.4, -0.2) is 71.1 Å². The molecule has 0 amide bonds. The van der Waals surface area contributed by atoms with Crippen molar-refractivity contribution in [3.63, 3.8) is 0 Å².